The molecule has 2 aromatic rings. The number of nitrogens with zero attached hydrogens (tertiary/aromatic N) is 3. The largest absolute Gasteiger partial charge is 0.465 e. The zero-order valence-electron chi connectivity index (χ0n) is 15.6. The van der Waals surface area contributed by atoms with E-state index in [-0.39, 0.29) is 17.0 Å². The minimum Gasteiger partial charge on any atom is -0.465 e. The highest BCUT2D eigenvalue weighted by molar-refractivity contribution is 6.06. The summed E-state index contributed by atoms with van der Waals surface area (Å²) in [7, 11) is 1.26. The number of ether oxygens (including phenoxy) is 1. The lowest BCUT2D eigenvalue weighted by Gasteiger charge is -2.31. The number of methoxy groups -OCH3 is 1. The quantitative estimate of drug-likeness (QED) is 0.761. The Morgan fingerprint density at radius 3 is 2.39 bits per heavy atom. The van der Waals surface area contributed by atoms with Gasteiger partial charge in [-0.1, -0.05) is 30.3 Å². The van der Waals surface area contributed by atoms with Crippen LogP contribution in [-0.2, 0) is 14.9 Å². The van der Waals surface area contributed by atoms with E-state index in [1.54, 1.807) is 0 Å². The number of benzene rings is 1. The third-order valence-electron chi connectivity index (χ3n) is 5.44. The summed E-state index contributed by atoms with van der Waals surface area (Å²) >= 11 is 0. The van der Waals surface area contributed by atoms with Gasteiger partial charge >= 0.3 is 5.97 Å². The van der Waals surface area contributed by atoms with Crippen molar-refractivity contribution in [3.8, 4) is 0 Å². The van der Waals surface area contributed by atoms with Crippen LogP contribution in [0, 0.1) is 0 Å². The molecule has 7 heteroatoms. The van der Waals surface area contributed by atoms with Crippen LogP contribution in [0.25, 0.3) is 0 Å². The lowest BCUT2D eigenvalue weighted by atomic mass is 9.95. The number of rotatable bonds is 4. The van der Waals surface area contributed by atoms with Gasteiger partial charge in [0.2, 0.25) is 0 Å². The monoisotopic (exact) mass is 379 g/mol. The predicted molar refractivity (Wildman–Crippen MR) is 100 cm³/mol. The molecule has 2 aliphatic rings. The van der Waals surface area contributed by atoms with Gasteiger partial charge in [-0.3, -0.25) is 19.6 Å². The van der Waals surface area contributed by atoms with Crippen molar-refractivity contribution in [2.75, 3.05) is 20.2 Å². The number of carbonyl (C=O) groups is 3. The molecule has 0 bridgehead atoms. The Kier molecular flexibility index (Phi) is 4.58. The molecule has 2 heterocycles. The molecule has 144 valence electrons. The normalized spacial score (nSPS) is 17.3. The number of esters is 1. The van der Waals surface area contributed by atoms with E-state index in [1.165, 1.54) is 35.6 Å². The Bertz CT molecular complexity index is 924. The Balaban J connectivity index is 1.62. The molecule has 1 aromatic heterocycles. The molecule has 1 aliphatic carbocycles. The first-order chi connectivity index (χ1) is 13.6. The molecule has 0 atom stereocenters. The van der Waals surface area contributed by atoms with Crippen molar-refractivity contribution < 1.29 is 19.1 Å². The van der Waals surface area contributed by atoms with Gasteiger partial charge in [0.25, 0.3) is 11.8 Å². The summed E-state index contributed by atoms with van der Waals surface area (Å²) < 4.78 is 4.77. The van der Waals surface area contributed by atoms with E-state index in [4.69, 9.17) is 4.74 Å². The standard InChI is InChI=1S/C21H21N3O4/c1-28-19(26)16-8-11-22-14-17(16)18(25)23-12-5-13-24(23)20(27)21(9-10-21)15-6-3-2-4-7-15/h2-4,6-8,11,14H,5,9-10,12-13H2,1H3. The topological polar surface area (TPSA) is 79.8 Å². The van der Waals surface area contributed by atoms with Gasteiger partial charge in [0.15, 0.2) is 0 Å². The molecular weight excluding hydrogens is 358 g/mol. The first-order valence-electron chi connectivity index (χ1n) is 9.30. The van der Waals surface area contributed by atoms with Gasteiger partial charge in [0, 0.05) is 25.5 Å². The summed E-state index contributed by atoms with van der Waals surface area (Å²) in [6.45, 7) is 0.901. The molecule has 7 nitrogen and oxygen atoms in total. The second kappa shape index (κ2) is 7.07. The molecule has 4 rings (SSSR count). The maximum Gasteiger partial charge on any atom is 0.338 e. The minimum atomic E-state index is -0.606. The van der Waals surface area contributed by atoms with Crippen LogP contribution in [0.5, 0.6) is 0 Å². The van der Waals surface area contributed by atoms with E-state index in [9.17, 15) is 14.4 Å². The van der Waals surface area contributed by atoms with Crippen LogP contribution in [0.3, 0.4) is 0 Å². The van der Waals surface area contributed by atoms with Gasteiger partial charge in [-0.15, -0.1) is 0 Å². The molecular formula is C21H21N3O4. The van der Waals surface area contributed by atoms with Crippen molar-refractivity contribution in [1.82, 2.24) is 15.0 Å². The second-order valence-corrected chi connectivity index (χ2v) is 7.07. The molecule has 1 aromatic carbocycles. The zero-order valence-corrected chi connectivity index (χ0v) is 15.6. The highest BCUT2D eigenvalue weighted by atomic mass is 16.5. The fourth-order valence-corrected chi connectivity index (χ4v) is 3.78. The average Bonchev–Trinajstić information content (AvgIpc) is 3.42. The van der Waals surface area contributed by atoms with Gasteiger partial charge in [0.1, 0.15) is 0 Å². The van der Waals surface area contributed by atoms with E-state index < -0.39 is 17.3 Å². The van der Waals surface area contributed by atoms with E-state index in [2.05, 4.69) is 4.98 Å². The number of hydrogen-bond acceptors (Lipinski definition) is 5. The van der Waals surface area contributed by atoms with Gasteiger partial charge in [-0.25, -0.2) is 9.80 Å². The summed E-state index contributed by atoms with van der Waals surface area (Å²) in [5.74, 6) is -1.08. The molecule has 0 unspecified atom stereocenters. The average molecular weight is 379 g/mol. The van der Waals surface area contributed by atoms with E-state index in [1.807, 2.05) is 30.3 Å². The molecule has 2 amide bonds. The van der Waals surface area contributed by atoms with Gasteiger partial charge in [-0.05, 0) is 30.9 Å². The lowest BCUT2D eigenvalue weighted by Crippen LogP contribution is -2.49. The Morgan fingerprint density at radius 1 is 1.00 bits per heavy atom. The molecule has 2 fully saturated rings. The van der Waals surface area contributed by atoms with Crippen molar-refractivity contribution in [2.45, 2.75) is 24.7 Å². The third-order valence-corrected chi connectivity index (χ3v) is 5.44. The van der Waals surface area contributed by atoms with Crippen LogP contribution in [0.2, 0.25) is 0 Å². The van der Waals surface area contributed by atoms with E-state index >= 15 is 0 Å². The Morgan fingerprint density at radius 2 is 1.71 bits per heavy atom. The zero-order chi connectivity index (χ0) is 19.7. The van der Waals surface area contributed by atoms with Crippen LogP contribution in [0.4, 0.5) is 0 Å². The molecule has 28 heavy (non-hydrogen) atoms. The fraction of sp³-hybridized carbons (Fsp3) is 0.333. The molecule has 1 saturated carbocycles. The maximum absolute atomic E-state index is 13.4. The van der Waals surface area contributed by atoms with E-state index in [0.717, 1.165) is 18.4 Å². The van der Waals surface area contributed by atoms with E-state index in [0.29, 0.717) is 19.5 Å². The van der Waals surface area contributed by atoms with Crippen molar-refractivity contribution in [1.29, 1.82) is 0 Å². The number of amides is 2. The van der Waals surface area contributed by atoms with Crippen LogP contribution in [-0.4, -0.2) is 53.0 Å². The first kappa shape index (κ1) is 18.2. The van der Waals surface area contributed by atoms with Crippen LogP contribution >= 0.6 is 0 Å². The number of carbonyl (C=O) groups excluding carboxylic acids is 3. The SMILES string of the molecule is COC(=O)c1ccncc1C(=O)N1CCCN1C(=O)C1(c2ccccc2)CC1. The van der Waals surface area contributed by atoms with Crippen LogP contribution in [0.1, 0.15) is 45.5 Å². The lowest BCUT2D eigenvalue weighted by molar-refractivity contribution is -0.143. The summed E-state index contributed by atoms with van der Waals surface area (Å²) in [4.78, 5) is 42.5. The maximum atomic E-state index is 13.4. The predicted octanol–water partition coefficient (Wildman–Crippen LogP) is 2.19. The Hall–Kier alpha value is -3.22. The minimum absolute atomic E-state index is 0.0620. The summed E-state index contributed by atoms with van der Waals surface area (Å²) in [6, 6.07) is 11.1. The van der Waals surface area contributed by atoms with Crippen molar-refractivity contribution in [2.24, 2.45) is 0 Å². The third kappa shape index (κ3) is 2.93. The van der Waals surface area contributed by atoms with Gasteiger partial charge in [0.05, 0.1) is 23.7 Å². The molecule has 1 aliphatic heterocycles. The molecule has 0 N–H and O–H groups in total. The van der Waals surface area contributed by atoms with Crippen molar-refractivity contribution in [3.63, 3.8) is 0 Å². The number of hydrazine groups is 1. The highest BCUT2D eigenvalue weighted by Crippen LogP contribution is 2.50. The van der Waals surface area contributed by atoms with Gasteiger partial charge < -0.3 is 4.74 Å². The summed E-state index contributed by atoms with van der Waals surface area (Å²) in [5.41, 5.74) is 0.713. The summed E-state index contributed by atoms with van der Waals surface area (Å²) in [5, 5.41) is 2.98. The van der Waals surface area contributed by atoms with Crippen molar-refractivity contribution >= 4 is 17.8 Å². The molecule has 0 radical (unpaired) electrons. The van der Waals surface area contributed by atoms with Crippen LogP contribution in [0.15, 0.2) is 48.8 Å². The molecule has 1 saturated heterocycles. The smallest absolute Gasteiger partial charge is 0.338 e. The fourth-order valence-electron chi connectivity index (χ4n) is 3.78. The van der Waals surface area contributed by atoms with Gasteiger partial charge in [-0.2, -0.15) is 0 Å². The second-order valence-electron chi connectivity index (χ2n) is 7.07. The Labute approximate surface area is 162 Å². The highest BCUT2D eigenvalue weighted by Gasteiger charge is 2.55. The number of pyridine rings is 1. The molecule has 0 spiro atoms. The first-order valence-corrected chi connectivity index (χ1v) is 9.30. The van der Waals surface area contributed by atoms with Crippen molar-refractivity contribution in [3.05, 3.63) is 65.5 Å². The number of hydrogen-bond donors (Lipinski definition) is 0. The number of aromatic nitrogens is 1. The van der Waals surface area contributed by atoms with Crippen LogP contribution < -0.4 is 0 Å². The summed E-state index contributed by atoms with van der Waals surface area (Å²) in [6.07, 6.45) is 5.02.